The normalized spacial score (nSPS) is 24.4. The van der Waals surface area contributed by atoms with Gasteiger partial charge in [-0.05, 0) is 36.5 Å². The summed E-state index contributed by atoms with van der Waals surface area (Å²) in [6.45, 7) is 2.07. The Bertz CT molecular complexity index is 720. The summed E-state index contributed by atoms with van der Waals surface area (Å²) in [6.07, 6.45) is 3.79. The van der Waals surface area contributed by atoms with Crippen LogP contribution in [0.4, 0.5) is 4.79 Å². The van der Waals surface area contributed by atoms with Gasteiger partial charge in [0.1, 0.15) is 0 Å². The van der Waals surface area contributed by atoms with Crippen molar-refractivity contribution in [1.29, 1.82) is 5.26 Å². The first-order chi connectivity index (χ1) is 11.5. The van der Waals surface area contributed by atoms with E-state index in [1.807, 2.05) is 13.0 Å². The SMILES string of the molecule is C[C@H]1CCCC[C@@H]1N1C(=O)C(=O)N(Cc2ccc(C#N)cc2)C1=O. The molecule has 1 aliphatic heterocycles. The van der Waals surface area contributed by atoms with Gasteiger partial charge in [-0.25, -0.2) is 4.79 Å². The zero-order valence-corrected chi connectivity index (χ0v) is 13.6. The maximum absolute atomic E-state index is 12.7. The largest absolute Gasteiger partial charge is 0.334 e. The van der Waals surface area contributed by atoms with Crippen molar-refractivity contribution in [2.75, 3.05) is 0 Å². The molecule has 1 aromatic rings. The molecule has 124 valence electrons. The van der Waals surface area contributed by atoms with Crippen molar-refractivity contribution in [3.63, 3.8) is 0 Å². The summed E-state index contributed by atoms with van der Waals surface area (Å²) in [5.41, 5.74) is 1.22. The van der Waals surface area contributed by atoms with Gasteiger partial charge >= 0.3 is 17.8 Å². The molecule has 6 nitrogen and oxygen atoms in total. The third-order valence-corrected chi connectivity index (χ3v) is 4.91. The average Bonchev–Trinajstić information content (AvgIpc) is 2.80. The van der Waals surface area contributed by atoms with E-state index in [9.17, 15) is 14.4 Å². The number of nitriles is 1. The predicted molar refractivity (Wildman–Crippen MR) is 85.4 cm³/mol. The molecule has 2 atom stereocenters. The molecule has 24 heavy (non-hydrogen) atoms. The van der Waals surface area contributed by atoms with Gasteiger partial charge in [0.2, 0.25) is 0 Å². The summed E-state index contributed by atoms with van der Waals surface area (Å²) >= 11 is 0. The van der Waals surface area contributed by atoms with Crippen LogP contribution in [0.3, 0.4) is 0 Å². The van der Waals surface area contributed by atoms with Gasteiger partial charge in [0.25, 0.3) is 0 Å². The van der Waals surface area contributed by atoms with Crippen LogP contribution in [0.15, 0.2) is 24.3 Å². The lowest BCUT2D eigenvalue weighted by molar-refractivity contribution is -0.144. The van der Waals surface area contributed by atoms with E-state index in [-0.39, 0.29) is 18.5 Å². The number of nitrogens with zero attached hydrogens (tertiary/aromatic N) is 3. The lowest BCUT2D eigenvalue weighted by Crippen LogP contribution is -2.46. The summed E-state index contributed by atoms with van der Waals surface area (Å²) in [5.74, 6) is -1.26. The van der Waals surface area contributed by atoms with Crippen LogP contribution in [0, 0.1) is 17.2 Å². The second-order valence-corrected chi connectivity index (χ2v) is 6.49. The zero-order chi connectivity index (χ0) is 17.3. The van der Waals surface area contributed by atoms with E-state index in [4.69, 9.17) is 5.26 Å². The molecule has 6 heteroatoms. The highest BCUT2D eigenvalue weighted by atomic mass is 16.2. The van der Waals surface area contributed by atoms with Gasteiger partial charge in [-0.15, -0.1) is 0 Å². The Morgan fingerprint density at radius 2 is 1.75 bits per heavy atom. The van der Waals surface area contributed by atoms with Crippen LogP contribution >= 0.6 is 0 Å². The molecule has 2 fully saturated rings. The van der Waals surface area contributed by atoms with Gasteiger partial charge in [0, 0.05) is 6.04 Å². The van der Waals surface area contributed by atoms with Crippen molar-refractivity contribution in [3.8, 4) is 6.07 Å². The molecule has 1 saturated heterocycles. The monoisotopic (exact) mass is 325 g/mol. The molecule has 1 aliphatic carbocycles. The Labute approximate surface area is 140 Å². The smallest absolute Gasteiger partial charge is 0.263 e. The number of carbonyl (C=O) groups is 3. The fourth-order valence-corrected chi connectivity index (χ4v) is 3.50. The van der Waals surface area contributed by atoms with Crippen LogP contribution in [0.2, 0.25) is 0 Å². The summed E-state index contributed by atoms with van der Waals surface area (Å²) in [7, 11) is 0. The molecule has 0 radical (unpaired) electrons. The third kappa shape index (κ3) is 2.78. The van der Waals surface area contributed by atoms with Crippen LogP contribution in [-0.2, 0) is 16.1 Å². The van der Waals surface area contributed by atoms with Crippen LogP contribution in [-0.4, -0.2) is 33.7 Å². The molecule has 0 unspecified atom stereocenters. The van der Waals surface area contributed by atoms with Crippen molar-refractivity contribution in [2.45, 2.75) is 45.2 Å². The second kappa shape index (κ2) is 6.44. The van der Waals surface area contributed by atoms with Gasteiger partial charge < -0.3 is 0 Å². The van der Waals surface area contributed by atoms with Crippen LogP contribution in [0.5, 0.6) is 0 Å². The molecule has 0 aromatic heterocycles. The molecule has 0 spiro atoms. The van der Waals surface area contributed by atoms with Crippen LogP contribution in [0.25, 0.3) is 0 Å². The van der Waals surface area contributed by atoms with Gasteiger partial charge in [-0.2, -0.15) is 5.26 Å². The molecule has 4 amide bonds. The van der Waals surface area contributed by atoms with Crippen molar-refractivity contribution in [1.82, 2.24) is 9.80 Å². The molecule has 1 saturated carbocycles. The van der Waals surface area contributed by atoms with E-state index in [2.05, 4.69) is 0 Å². The van der Waals surface area contributed by atoms with Gasteiger partial charge in [-0.1, -0.05) is 31.9 Å². The molecule has 2 aliphatic rings. The zero-order valence-electron chi connectivity index (χ0n) is 13.6. The number of hydrogen-bond donors (Lipinski definition) is 0. The van der Waals surface area contributed by atoms with E-state index < -0.39 is 17.8 Å². The second-order valence-electron chi connectivity index (χ2n) is 6.49. The minimum atomic E-state index is -0.762. The Morgan fingerprint density at radius 3 is 2.38 bits per heavy atom. The van der Waals surface area contributed by atoms with Gasteiger partial charge in [0.05, 0.1) is 18.2 Å². The van der Waals surface area contributed by atoms with Crippen molar-refractivity contribution < 1.29 is 14.4 Å². The minimum absolute atomic E-state index is 0.0483. The third-order valence-electron chi connectivity index (χ3n) is 4.91. The van der Waals surface area contributed by atoms with Crippen molar-refractivity contribution >= 4 is 17.8 Å². The Kier molecular flexibility index (Phi) is 4.34. The topological polar surface area (TPSA) is 81.5 Å². The number of carbonyl (C=O) groups excluding carboxylic acids is 3. The summed E-state index contributed by atoms with van der Waals surface area (Å²) < 4.78 is 0. The number of hydrogen-bond acceptors (Lipinski definition) is 4. The number of amides is 4. The number of rotatable bonds is 3. The van der Waals surface area contributed by atoms with E-state index >= 15 is 0 Å². The quantitative estimate of drug-likeness (QED) is 0.631. The van der Waals surface area contributed by atoms with E-state index in [1.165, 1.54) is 0 Å². The number of benzene rings is 1. The number of urea groups is 1. The van der Waals surface area contributed by atoms with Crippen LogP contribution < -0.4 is 0 Å². The Morgan fingerprint density at radius 1 is 1.08 bits per heavy atom. The maximum Gasteiger partial charge on any atom is 0.334 e. The van der Waals surface area contributed by atoms with E-state index in [0.29, 0.717) is 11.1 Å². The first-order valence-electron chi connectivity index (χ1n) is 8.21. The molecule has 0 N–H and O–H groups in total. The molecule has 3 rings (SSSR count). The van der Waals surface area contributed by atoms with Crippen molar-refractivity contribution in [2.24, 2.45) is 5.92 Å². The summed E-state index contributed by atoms with van der Waals surface area (Å²) in [6, 6.07) is 7.95. The summed E-state index contributed by atoms with van der Waals surface area (Å²) in [5, 5.41) is 8.82. The van der Waals surface area contributed by atoms with Gasteiger partial charge in [-0.3, -0.25) is 19.4 Å². The lowest BCUT2D eigenvalue weighted by atomic mass is 9.85. The highest BCUT2D eigenvalue weighted by Crippen LogP contribution is 2.31. The Hall–Kier alpha value is -2.68. The maximum atomic E-state index is 12.7. The molecule has 0 bridgehead atoms. The molecule has 1 heterocycles. The fourth-order valence-electron chi connectivity index (χ4n) is 3.50. The van der Waals surface area contributed by atoms with Crippen LogP contribution in [0.1, 0.15) is 43.7 Å². The minimum Gasteiger partial charge on any atom is -0.263 e. The standard InChI is InChI=1S/C18H19N3O3/c1-12-4-2-3-5-15(12)21-17(23)16(22)20(18(21)24)11-14-8-6-13(10-19)7-9-14/h6-9,12,15H,2-5,11H2,1H3/t12-,15-/m0/s1. The number of imide groups is 2. The molecular weight excluding hydrogens is 306 g/mol. The first kappa shape index (κ1) is 16.2. The average molecular weight is 325 g/mol. The van der Waals surface area contributed by atoms with Gasteiger partial charge in [0.15, 0.2) is 0 Å². The molecule has 1 aromatic carbocycles. The highest BCUT2D eigenvalue weighted by Gasteiger charge is 2.48. The van der Waals surface area contributed by atoms with E-state index in [1.54, 1.807) is 24.3 Å². The fraction of sp³-hybridized carbons (Fsp3) is 0.444. The Balaban J connectivity index is 1.79. The van der Waals surface area contributed by atoms with Crippen molar-refractivity contribution in [3.05, 3.63) is 35.4 Å². The van der Waals surface area contributed by atoms with E-state index in [0.717, 1.165) is 35.5 Å². The molecular formula is C18H19N3O3. The predicted octanol–water partition coefficient (Wildman–Crippen LogP) is 2.43. The summed E-state index contributed by atoms with van der Waals surface area (Å²) in [4.78, 5) is 39.4. The first-order valence-corrected chi connectivity index (χ1v) is 8.21. The lowest BCUT2D eigenvalue weighted by Gasteiger charge is -2.34. The highest BCUT2D eigenvalue weighted by molar-refractivity contribution is 6.44.